The van der Waals surface area contributed by atoms with Crippen LogP contribution in [-0.4, -0.2) is 4.57 Å². The van der Waals surface area contributed by atoms with Crippen LogP contribution < -0.4 is 4.57 Å². The van der Waals surface area contributed by atoms with Crippen LogP contribution in [0.4, 0.5) is 0 Å². The molecule has 0 bridgehead atoms. The normalized spacial score (nSPS) is 11.6. The molecule has 0 fully saturated rings. The average molecular weight is 532 g/mol. The molecule has 0 aliphatic rings. The first-order valence-corrected chi connectivity index (χ1v) is 17.9. The molecule has 0 N–H and O–H groups in total. The highest BCUT2D eigenvalue weighted by molar-refractivity contribution is 4.84. The lowest BCUT2D eigenvalue weighted by molar-refractivity contribution is -0.704. The highest BCUT2D eigenvalue weighted by Crippen LogP contribution is 2.15. The predicted molar refractivity (Wildman–Crippen MR) is 170 cm³/mol. The predicted octanol–water partition coefficient (Wildman–Crippen LogP) is 11.9. The summed E-state index contributed by atoms with van der Waals surface area (Å²) < 4.78 is 5.20. The van der Waals surface area contributed by atoms with Crippen LogP contribution in [0.25, 0.3) is 0 Å². The summed E-state index contributed by atoms with van der Waals surface area (Å²) in [6.45, 7) is 9.38. The molecule has 0 saturated carbocycles. The van der Waals surface area contributed by atoms with E-state index >= 15 is 0 Å². The minimum absolute atomic E-state index is 1.22. The second-order valence-corrected chi connectivity index (χ2v) is 12.3. The lowest BCUT2D eigenvalue weighted by atomic mass is 10.0. The Morgan fingerprint density at radius 1 is 0.447 bits per heavy atom. The van der Waals surface area contributed by atoms with Gasteiger partial charge in [0.1, 0.15) is 12.4 Å². The standard InChI is InChI=1S/C36H71N2/c1-4-7-10-12-14-16-18-19-20-22-24-26-28-31-36-37(32-29-9-6-3)34-35-38(36)33-30-27-25-23-21-17-15-13-11-8-5-2/h34-35H,4-33H2,1-3H3/q+1. The van der Waals surface area contributed by atoms with Crippen molar-refractivity contribution in [3.63, 3.8) is 0 Å². The molecule has 2 nitrogen and oxygen atoms in total. The van der Waals surface area contributed by atoms with E-state index in [0.717, 1.165) is 0 Å². The van der Waals surface area contributed by atoms with Gasteiger partial charge >= 0.3 is 0 Å². The van der Waals surface area contributed by atoms with Gasteiger partial charge in [-0.2, -0.15) is 0 Å². The fourth-order valence-corrected chi connectivity index (χ4v) is 5.97. The third-order valence-corrected chi connectivity index (χ3v) is 8.60. The number of imidazole rings is 1. The van der Waals surface area contributed by atoms with Gasteiger partial charge in [0, 0.05) is 6.42 Å². The Bertz CT molecular complexity index is 590. The molecule has 38 heavy (non-hydrogen) atoms. The van der Waals surface area contributed by atoms with Crippen LogP contribution in [-0.2, 0) is 19.5 Å². The number of aromatic nitrogens is 2. The Morgan fingerprint density at radius 3 is 1.26 bits per heavy atom. The maximum Gasteiger partial charge on any atom is 0.256 e. The zero-order valence-corrected chi connectivity index (χ0v) is 26.8. The summed E-state index contributed by atoms with van der Waals surface area (Å²) in [7, 11) is 0. The van der Waals surface area contributed by atoms with Crippen molar-refractivity contribution in [1.82, 2.24) is 4.57 Å². The molecule has 0 aromatic carbocycles. The number of rotatable bonds is 30. The van der Waals surface area contributed by atoms with Crippen molar-refractivity contribution in [2.24, 2.45) is 0 Å². The van der Waals surface area contributed by atoms with Crippen LogP contribution in [0.15, 0.2) is 12.4 Å². The molecule has 1 rings (SSSR count). The zero-order chi connectivity index (χ0) is 27.4. The van der Waals surface area contributed by atoms with Crippen molar-refractivity contribution < 1.29 is 4.57 Å². The molecule has 0 aliphatic heterocycles. The molecule has 0 atom stereocenters. The van der Waals surface area contributed by atoms with E-state index in [1.807, 2.05) is 0 Å². The van der Waals surface area contributed by atoms with Gasteiger partial charge in [-0.1, -0.05) is 162 Å². The van der Waals surface area contributed by atoms with E-state index < -0.39 is 0 Å². The van der Waals surface area contributed by atoms with Gasteiger partial charge in [-0.25, -0.2) is 9.13 Å². The van der Waals surface area contributed by atoms with Crippen LogP contribution in [0.1, 0.15) is 200 Å². The number of hydrogen-bond donors (Lipinski definition) is 0. The summed E-state index contributed by atoms with van der Waals surface area (Å²) in [6.07, 6.45) is 44.5. The van der Waals surface area contributed by atoms with Crippen LogP contribution in [0.3, 0.4) is 0 Å². The lowest BCUT2D eigenvalue weighted by Gasteiger charge is -2.07. The summed E-state index contributed by atoms with van der Waals surface area (Å²) in [6, 6.07) is 0. The van der Waals surface area contributed by atoms with Crippen LogP contribution in [0, 0.1) is 0 Å². The second-order valence-electron chi connectivity index (χ2n) is 12.3. The van der Waals surface area contributed by atoms with Crippen molar-refractivity contribution >= 4 is 0 Å². The molecular formula is C36H71N2+. The summed E-state index contributed by atoms with van der Waals surface area (Å²) in [4.78, 5) is 0. The van der Waals surface area contributed by atoms with E-state index in [9.17, 15) is 0 Å². The molecule has 1 heterocycles. The molecule has 0 unspecified atom stereocenters. The second kappa shape index (κ2) is 27.8. The molecule has 0 radical (unpaired) electrons. The van der Waals surface area contributed by atoms with E-state index in [1.165, 1.54) is 193 Å². The van der Waals surface area contributed by atoms with Crippen LogP contribution in [0.2, 0.25) is 0 Å². The van der Waals surface area contributed by atoms with E-state index in [2.05, 4.69) is 42.3 Å². The van der Waals surface area contributed by atoms with Crippen molar-refractivity contribution in [3.05, 3.63) is 18.2 Å². The minimum atomic E-state index is 1.22. The summed E-state index contributed by atoms with van der Waals surface area (Å²) in [5.41, 5.74) is 0. The maximum atomic E-state index is 2.61. The van der Waals surface area contributed by atoms with E-state index in [0.29, 0.717) is 0 Å². The topological polar surface area (TPSA) is 8.81 Å². The molecule has 0 saturated heterocycles. The Kier molecular flexibility index (Phi) is 25.7. The lowest BCUT2D eigenvalue weighted by Crippen LogP contribution is -2.37. The van der Waals surface area contributed by atoms with E-state index in [4.69, 9.17) is 0 Å². The number of aryl methyl sites for hydroxylation is 2. The molecule has 0 aliphatic carbocycles. The molecule has 2 heteroatoms. The molecule has 224 valence electrons. The number of nitrogens with zero attached hydrogens (tertiary/aromatic N) is 2. The molecular weight excluding hydrogens is 460 g/mol. The zero-order valence-electron chi connectivity index (χ0n) is 26.8. The largest absolute Gasteiger partial charge is 0.256 e. The SMILES string of the molecule is CCCCCCCCCCCCCCCc1n(CCCCCCCCCCCCC)cc[n+]1CCCCC. The van der Waals surface area contributed by atoms with Gasteiger partial charge in [0.2, 0.25) is 0 Å². The molecule has 0 spiro atoms. The summed E-state index contributed by atoms with van der Waals surface area (Å²) >= 11 is 0. The Morgan fingerprint density at radius 2 is 0.816 bits per heavy atom. The van der Waals surface area contributed by atoms with Crippen LogP contribution >= 0.6 is 0 Å². The van der Waals surface area contributed by atoms with E-state index in [-0.39, 0.29) is 0 Å². The van der Waals surface area contributed by atoms with Gasteiger partial charge in [0.25, 0.3) is 5.82 Å². The fourth-order valence-electron chi connectivity index (χ4n) is 5.97. The third kappa shape index (κ3) is 20.2. The first-order valence-electron chi connectivity index (χ1n) is 17.9. The van der Waals surface area contributed by atoms with Gasteiger partial charge in [-0.3, -0.25) is 0 Å². The third-order valence-electron chi connectivity index (χ3n) is 8.60. The number of hydrogen-bond acceptors (Lipinski definition) is 0. The van der Waals surface area contributed by atoms with Gasteiger partial charge in [0.05, 0.1) is 13.1 Å². The van der Waals surface area contributed by atoms with Crippen molar-refractivity contribution in [2.75, 3.05) is 0 Å². The monoisotopic (exact) mass is 532 g/mol. The Balaban J connectivity index is 2.18. The fraction of sp³-hybridized carbons (Fsp3) is 0.917. The minimum Gasteiger partial charge on any atom is -0.234 e. The summed E-state index contributed by atoms with van der Waals surface area (Å²) in [5, 5.41) is 0. The van der Waals surface area contributed by atoms with Crippen molar-refractivity contribution in [1.29, 1.82) is 0 Å². The van der Waals surface area contributed by atoms with Gasteiger partial charge < -0.3 is 0 Å². The van der Waals surface area contributed by atoms with Gasteiger partial charge in [-0.05, 0) is 32.1 Å². The van der Waals surface area contributed by atoms with Gasteiger partial charge in [-0.15, -0.1) is 0 Å². The van der Waals surface area contributed by atoms with Crippen LogP contribution in [0.5, 0.6) is 0 Å². The van der Waals surface area contributed by atoms with E-state index in [1.54, 1.807) is 5.82 Å². The molecule has 1 aromatic heterocycles. The van der Waals surface area contributed by atoms with Crippen molar-refractivity contribution in [3.8, 4) is 0 Å². The molecule has 0 amide bonds. The van der Waals surface area contributed by atoms with Crippen molar-refractivity contribution in [2.45, 2.75) is 214 Å². The average Bonchev–Trinajstić information content (AvgIpc) is 3.31. The molecule has 1 aromatic rings. The summed E-state index contributed by atoms with van der Waals surface area (Å²) in [5.74, 6) is 1.61. The first-order chi connectivity index (χ1) is 18.8. The smallest absolute Gasteiger partial charge is 0.234 e. The first kappa shape index (κ1) is 35.2. The quantitative estimate of drug-likeness (QED) is 0.0689. The Labute approximate surface area is 240 Å². The van der Waals surface area contributed by atoms with Gasteiger partial charge in [0.15, 0.2) is 0 Å². The highest BCUT2D eigenvalue weighted by Gasteiger charge is 2.16. The highest BCUT2D eigenvalue weighted by atomic mass is 15.1. The Hall–Kier alpha value is -0.790. The number of unbranched alkanes of at least 4 members (excludes halogenated alkanes) is 24. The maximum absolute atomic E-state index is 2.61.